The van der Waals surface area contributed by atoms with Gasteiger partial charge >= 0.3 is 0 Å². The summed E-state index contributed by atoms with van der Waals surface area (Å²) in [5.41, 5.74) is 6.44. The third kappa shape index (κ3) is 2.95. The number of benzene rings is 1. The lowest BCUT2D eigenvalue weighted by atomic mass is 9.85. The van der Waals surface area contributed by atoms with Crippen molar-refractivity contribution in [1.29, 1.82) is 0 Å². The Morgan fingerprint density at radius 3 is 2.30 bits per heavy atom. The molecule has 0 bridgehead atoms. The summed E-state index contributed by atoms with van der Waals surface area (Å²) in [7, 11) is 0. The Hall–Kier alpha value is -2.38. The first-order valence-electron chi connectivity index (χ1n) is 6.39. The molecular weight excluding hydrogens is 250 g/mol. The summed E-state index contributed by atoms with van der Waals surface area (Å²) in [5.74, 6) is 5.83. The van der Waals surface area contributed by atoms with E-state index in [1.807, 2.05) is 26.0 Å². The molecule has 1 atom stereocenters. The van der Waals surface area contributed by atoms with Crippen molar-refractivity contribution in [3.8, 4) is 11.8 Å². The number of anilines is 1. The number of nitrogens with two attached hydrogens (primary N) is 1. The van der Waals surface area contributed by atoms with E-state index in [-0.39, 0.29) is 5.92 Å². The van der Waals surface area contributed by atoms with E-state index in [9.17, 15) is 5.11 Å². The van der Waals surface area contributed by atoms with Gasteiger partial charge in [0.2, 0.25) is 0 Å². The van der Waals surface area contributed by atoms with Crippen LogP contribution in [-0.2, 0) is 5.60 Å². The highest BCUT2D eigenvalue weighted by Gasteiger charge is 2.31. The van der Waals surface area contributed by atoms with E-state index in [0.29, 0.717) is 11.3 Å². The van der Waals surface area contributed by atoms with Crippen LogP contribution >= 0.6 is 0 Å². The minimum Gasteiger partial charge on any atom is -0.399 e. The molecule has 0 saturated heterocycles. The van der Waals surface area contributed by atoms with Crippen LogP contribution in [0, 0.1) is 17.8 Å². The third-order valence-electron chi connectivity index (χ3n) is 3.14. The monoisotopic (exact) mass is 267 g/mol. The van der Waals surface area contributed by atoms with Crippen LogP contribution in [0.1, 0.15) is 25.0 Å². The van der Waals surface area contributed by atoms with E-state index >= 15 is 0 Å². The van der Waals surface area contributed by atoms with Gasteiger partial charge in [-0.05, 0) is 30.2 Å². The SMILES string of the molecule is CC(C)C(O)(C#Cc1ccc(N)cc1)c1cncnc1. The highest BCUT2D eigenvalue weighted by atomic mass is 16.3. The normalized spacial score (nSPS) is 13.4. The molecule has 0 spiro atoms. The van der Waals surface area contributed by atoms with Crippen molar-refractivity contribution in [3.63, 3.8) is 0 Å². The molecule has 0 aliphatic rings. The summed E-state index contributed by atoms with van der Waals surface area (Å²) in [5, 5.41) is 10.8. The maximum Gasteiger partial charge on any atom is 0.156 e. The minimum atomic E-state index is -1.28. The molecule has 0 radical (unpaired) electrons. The topological polar surface area (TPSA) is 72.0 Å². The molecular formula is C16H17N3O. The van der Waals surface area contributed by atoms with Crippen LogP contribution in [0.3, 0.4) is 0 Å². The van der Waals surface area contributed by atoms with Gasteiger partial charge in [-0.3, -0.25) is 0 Å². The Kier molecular flexibility index (Phi) is 4.02. The smallest absolute Gasteiger partial charge is 0.156 e. The molecule has 0 aliphatic carbocycles. The molecule has 1 unspecified atom stereocenters. The van der Waals surface area contributed by atoms with Gasteiger partial charge in [0, 0.05) is 29.2 Å². The second-order valence-electron chi connectivity index (χ2n) is 4.92. The Balaban J connectivity index is 2.39. The lowest BCUT2D eigenvalue weighted by Gasteiger charge is -2.26. The molecule has 0 amide bonds. The number of aliphatic hydroxyl groups is 1. The van der Waals surface area contributed by atoms with Crippen LogP contribution in [0.5, 0.6) is 0 Å². The average Bonchev–Trinajstić information content (AvgIpc) is 2.47. The van der Waals surface area contributed by atoms with E-state index in [0.717, 1.165) is 5.56 Å². The molecule has 1 heterocycles. The van der Waals surface area contributed by atoms with E-state index in [1.54, 1.807) is 24.5 Å². The summed E-state index contributed by atoms with van der Waals surface area (Å²) >= 11 is 0. The van der Waals surface area contributed by atoms with Gasteiger partial charge in [0.05, 0.1) is 0 Å². The number of aromatic nitrogens is 2. The van der Waals surface area contributed by atoms with Gasteiger partial charge < -0.3 is 10.8 Å². The molecule has 2 rings (SSSR count). The van der Waals surface area contributed by atoms with Gasteiger partial charge in [-0.2, -0.15) is 0 Å². The van der Waals surface area contributed by atoms with E-state index in [4.69, 9.17) is 5.73 Å². The van der Waals surface area contributed by atoms with E-state index in [2.05, 4.69) is 21.8 Å². The molecule has 0 saturated carbocycles. The largest absolute Gasteiger partial charge is 0.399 e. The van der Waals surface area contributed by atoms with Crippen molar-refractivity contribution >= 4 is 5.69 Å². The molecule has 3 N–H and O–H groups in total. The molecule has 4 heteroatoms. The first-order chi connectivity index (χ1) is 9.52. The fourth-order valence-corrected chi connectivity index (χ4v) is 1.78. The molecule has 1 aromatic carbocycles. The van der Waals surface area contributed by atoms with Crippen LogP contribution in [0.4, 0.5) is 5.69 Å². The van der Waals surface area contributed by atoms with Crippen molar-refractivity contribution in [1.82, 2.24) is 9.97 Å². The van der Waals surface area contributed by atoms with Crippen molar-refractivity contribution in [2.45, 2.75) is 19.4 Å². The van der Waals surface area contributed by atoms with Gasteiger partial charge in [0.15, 0.2) is 5.60 Å². The fraction of sp³-hybridized carbons (Fsp3) is 0.250. The number of rotatable bonds is 2. The van der Waals surface area contributed by atoms with Crippen LogP contribution < -0.4 is 5.73 Å². The zero-order valence-corrected chi connectivity index (χ0v) is 11.5. The van der Waals surface area contributed by atoms with Gasteiger partial charge in [-0.1, -0.05) is 25.7 Å². The van der Waals surface area contributed by atoms with Gasteiger partial charge in [0.1, 0.15) is 6.33 Å². The van der Waals surface area contributed by atoms with Crippen molar-refractivity contribution in [2.24, 2.45) is 5.92 Å². The summed E-state index contributed by atoms with van der Waals surface area (Å²) in [6.45, 7) is 3.81. The van der Waals surface area contributed by atoms with Crippen molar-refractivity contribution in [2.75, 3.05) is 5.73 Å². The first-order valence-corrected chi connectivity index (χ1v) is 6.39. The minimum absolute atomic E-state index is 0.0882. The van der Waals surface area contributed by atoms with Crippen molar-refractivity contribution < 1.29 is 5.11 Å². The van der Waals surface area contributed by atoms with E-state index < -0.39 is 5.60 Å². The van der Waals surface area contributed by atoms with Gasteiger partial charge in [0.25, 0.3) is 0 Å². The highest BCUT2D eigenvalue weighted by molar-refractivity contribution is 5.46. The first kappa shape index (κ1) is 14.0. The van der Waals surface area contributed by atoms with Gasteiger partial charge in [-0.15, -0.1) is 0 Å². The summed E-state index contributed by atoms with van der Waals surface area (Å²) < 4.78 is 0. The highest BCUT2D eigenvalue weighted by Crippen LogP contribution is 2.27. The number of nitrogens with zero attached hydrogens (tertiary/aromatic N) is 2. The molecule has 1 aromatic heterocycles. The molecule has 0 aliphatic heterocycles. The number of hydrogen-bond donors (Lipinski definition) is 2. The maximum absolute atomic E-state index is 10.8. The summed E-state index contributed by atoms with van der Waals surface area (Å²) in [4.78, 5) is 7.89. The molecule has 2 aromatic rings. The molecule has 4 nitrogen and oxygen atoms in total. The predicted molar refractivity (Wildman–Crippen MR) is 78.5 cm³/mol. The molecule has 102 valence electrons. The lowest BCUT2D eigenvalue weighted by Crippen LogP contribution is -2.30. The zero-order valence-electron chi connectivity index (χ0n) is 11.5. The summed E-state index contributed by atoms with van der Waals surface area (Å²) in [6, 6.07) is 7.21. The number of nitrogen functional groups attached to an aromatic ring is 1. The van der Waals surface area contributed by atoms with Crippen LogP contribution in [-0.4, -0.2) is 15.1 Å². The Morgan fingerprint density at radius 1 is 1.15 bits per heavy atom. The second kappa shape index (κ2) is 5.72. The Morgan fingerprint density at radius 2 is 1.75 bits per heavy atom. The fourth-order valence-electron chi connectivity index (χ4n) is 1.78. The maximum atomic E-state index is 10.8. The second-order valence-corrected chi connectivity index (χ2v) is 4.92. The third-order valence-corrected chi connectivity index (χ3v) is 3.14. The summed E-state index contributed by atoms with van der Waals surface area (Å²) in [6.07, 6.45) is 4.60. The van der Waals surface area contributed by atoms with Crippen LogP contribution in [0.25, 0.3) is 0 Å². The van der Waals surface area contributed by atoms with Crippen LogP contribution in [0.15, 0.2) is 43.0 Å². The molecule has 0 fully saturated rings. The number of hydrogen-bond acceptors (Lipinski definition) is 4. The predicted octanol–water partition coefficient (Wildman–Crippen LogP) is 1.95. The quantitative estimate of drug-likeness (QED) is 0.644. The molecule has 20 heavy (non-hydrogen) atoms. The average molecular weight is 267 g/mol. The zero-order chi connectivity index (χ0) is 14.6. The van der Waals surface area contributed by atoms with Crippen LogP contribution in [0.2, 0.25) is 0 Å². The Bertz CT molecular complexity index is 626. The van der Waals surface area contributed by atoms with E-state index in [1.165, 1.54) is 6.33 Å². The Labute approximate surface area is 118 Å². The van der Waals surface area contributed by atoms with Gasteiger partial charge in [-0.25, -0.2) is 9.97 Å². The van der Waals surface area contributed by atoms with Crippen molar-refractivity contribution in [3.05, 3.63) is 54.1 Å². The standard InChI is InChI=1S/C16H17N3O/c1-12(2)16(20,14-9-18-11-19-10-14)8-7-13-3-5-15(17)6-4-13/h3-6,9-12,20H,17H2,1-2H3. The lowest BCUT2D eigenvalue weighted by molar-refractivity contribution is 0.0496.